The molecule has 1 aromatic heterocycles. The molecule has 3 rings (SSSR count). The summed E-state index contributed by atoms with van der Waals surface area (Å²) in [6, 6.07) is 17.3. The summed E-state index contributed by atoms with van der Waals surface area (Å²) in [5.41, 5.74) is 2.97. The smallest absolute Gasteiger partial charge is 0.251 e. The van der Waals surface area contributed by atoms with E-state index in [-0.39, 0.29) is 17.3 Å². The molecule has 1 N–H and O–H groups in total. The lowest BCUT2D eigenvalue weighted by molar-refractivity contribution is 0.0953. The average molecular weight is 394 g/mol. The fourth-order valence-electron chi connectivity index (χ4n) is 2.94. The highest BCUT2D eigenvalue weighted by molar-refractivity contribution is 7.91. The van der Waals surface area contributed by atoms with Gasteiger partial charge in [-0.1, -0.05) is 41.5 Å². The van der Waals surface area contributed by atoms with E-state index in [0.29, 0.717) is 11.1 Å². The number of carbonyl (C=O) groups excluding carboxylic acids is 1. The second-order valence-corrected chi connectivity index (χ2v) is 8.84. The molecule has 0 saturated heterocycles. The Balaban J connectivity index is 1.90. The lowest BCUT2D eigenvalue weighted by atomic mass is 10.1. The summed E-state index contributed by atoms with van der Waals surface area (Å²) >= 11 is 0. The molecule has 1 atom stereocenters. The van der Waals surface area contributed by atoms with E-state index in [0.717, 1.165) is 11.1 Å². The van der Waals surface area contributed by atoms with Crippen molar-refractivity contribution in [3.63, 3.8) is 0 Å². The van der Waals surface area contributed by atoms with E-state index in [4.69, 9.17) is 0 Å². The number of nitrogens with zero attached hydrogens (tertiary/aromatic N) is 1. The summed E-state index contributed by atoms with van der Waals surface area (Å²) in [4.78, 5) is 16.8. The molecular weight excluding hydrogens is 372 g/mol. The molecule has 0 saturated carbocycles. The van der Waals surface area contributed by atoms with Crippen molar-refractivity contribution in [2.45, 2.75) is 24.0 Å². The first-order valence-electron chi connectivity index (χ1n) is 8.93. The highest BCUT2D eigenvalue weighted by Crippen LogP contribution is 2.28. The highest BCUT2D eigenvalue weighted by atomic mass is 32.2. The van der Waals surface area contributed by atoms with Crippen LogP contribution in [0.1, 0.15) is 32.3 Å². The molecule has 28 heavy (non-hydrogen) atoms. The quantitative estimate of drug-likeness (QED) is 0.692. The molecule has 0 fully saturated rings. The predicted octanol–water partition coefficient (Wildman–Crippen LogP) is 3.64. The van der Waals surface area contributed by atoms with E-state index in [1.807, 2.05) is 19.9 Å². The summed E-state index contributed by atoms with van der Waals surface area (Å²) in [6.07, 6.45) is 3.11. The Morgan fingerprint density at radius 2 is 1.75 bits per heavy atom. The van der Waals surface area contributed by atoms with Gasteiger partial charge in [0.15, 0.2) is 9.84 Å². The van der Waals surface area contributed by atoms with Crippen LogP contribution >= 0.6 is 0 Å². The number of rotatable bonds is 6. The minimum atomic E-state index is -3.71. The molecule has 3 aromatic rings. The topological polar surface area (TPSA) is 76.1 Å². The summed E-state index contributed by atoms with van der Waals surface area (Å²) in [7, 11) is -3.71. The summed E-state index contributed by atoms with van der Waals surface area (Å²) in [6.45, 7) is 3.75. The first-order chi connectivity index (χ1) is 13.4. The van der Waals surface area contributed by atoms with Crippen LogP contribution in [0.25, 0.3) is 0 Å². The van der Waals surface area contributed by atoms with Gasteiger partial charge in [0, 0.05) is 24.5 Å². The number of sulfone groups is 1. The van der Waals surface area contributed by atoms with Gasteiger partial charge in [0.2, 0.25) is 0 Å². The van der Waals surface area contributed by atoms with Gasteiger partial charge in [-0.05, 0) is 49.7 Å². The molecule has 1 heterocycles. The molecule has 0 aliphatic carbocycles. The number of hydrogen-bond acceptors (Lipinski definition) is 4. The number of aromatic nitrogens is 1. The zero-order chi connectivity index (χ0) is 20.1. The molecule has 1 unspecified atom stereocenters. The number of benzene rings is 2. The lowest BCUT2D eigenvalue weighted by Crippen LogP contribution is -2.32. The second kappa shape index (κ2) is 8.35. The van der Waals surface area contributed by atoms with Crippen LogP contribution in [0.15, 0.2) is 78.0 Å². The van der Waals surface area contributed by atoms with Gasteiger partial charge in [-0.25, -0.2) is 8.42 Å². The van der Waals surface area contributed by atoms with Gasteiger partial charge in [0.25, 0.3) is 5.91 Å². The monoisotopic (exact) mass is 394 g/mol. The standard InChI is InChI=1S/C22H22N2O3S/c1-16-8-10-20(11-9-16)28(26,27)21(19-7-4-12-23-14-19)15-24-22(25)18-6-3-5-17(2)13-18/h3-14,21H,15H2,1-2H3,(H,24,25). The van der Waals surface area contributed by atoms with Gasteiger partial charge in [-0.3, -0.25) is 9.78 Å². The van der Waals surface area contributed by atoms with Crippen LogP contribution in [0.4, 0.5) is 0 Å². The van der Waals surface area contributed by atoms with Crippen LogP contribution < -0.4 is 5.32 Å². The minimum Gasteiger partial charge on any atom is -0.350 e. The Morgan fingerprint density at radius 1 is 1.00 bits per heavy atom. The Kier molecular flexibility index (Phi) is 5.90. The fraction of sp³-hybridized carbons (Fsp3) is 0.182. The Labute approximate surface area is 165 Å². The number of hydrogen-bond donors (Lipinski definition) is 1. The number of amides is 1. The van der Waals surface area contributed by atoms with Crippen molar-refractivity contribution < 1.29 is 13.2 Å². The second-order valence-electron chi connectivity index (χ2n) is 6.71. The van der Waals surface area contributed by atoms with E-state index in [2.05, 4.69) is 10.3 Å². The van der Waals surface area contributed by atoms with Gasteiger partial charge in [-0.15, -0.1) is 0 Å². The normalized spacial score (nSPS) is 12.4. The molecule has 2 aromatic carbocycles. The van der Waals surface area contributed by atoms with Gasteiger partial charge in [0.1, 0.15) is 5.25 Å². The van der Waals surface area contributed by atoms with E-state index in [9.17, 15) is 13.2 Å². The zero-order valence-corrected chi connectivity index (χ0v) is 16.6. The largest absolute Gasteiger partial charge is 0.350 e. The minimum absolute atomic E-state index is 0.0469. The van der Waals surface area contributed by atoms with Crippen molar-refractivity contribution in [3.8, 4) is 0 Å². The molecule has 0 radical (unpaired) electrons. The third-order valence-electron chi connectivity index (χ3n) is 4.51. The number of aryl methyl sites for hydroxylation is 2. The zero-order valence-electron chi connectivity index (χ0n) is 15.8. The van der Waals surface area contributed by atoms with Crippen LogP contribution in [-0.2, 0) is 9.84 Å². The first kappa shape index (κ1) is 19.8. The molecule has 0 aliphatic rings. The first-order valence-corrected chi connectivity index (χ1v) is 10.5. The van der Waals surface area contributed by atoms with E-state index in [1.165, 1.54) is 6.20 Å². The lowest BCUT2D eigenvalue weighted by Gasteiger charge is -2.19. The van der Waals surface area contributed by atoms with E-state index < -0.39 is 15.1 Å². The van der Waals surface area contributed by atoms with Crippen LogP contribution in [-0.4, -0.2) is 25.9 Å². The van der Waals surface area contributed by atoms with Gasteiger partial charge < -0.3 is 5.32 Å². The van der Waals surface area contributed by atoms with E-state index in [1.54, 1.807) is 60.8 Å². The average Bonchev–Trinajstić information content (AvgIpc) is 2.69. The molecular formula is C22H22N2O3S. The fourth-order valence-corrected chi connectivity index (χ4v) is 4.58. The Morgan fingerprint density at radius 3 is 2.39 bits per heavy atom. The maximum Gasteiger partial charge on any atom is 0.251 e. The van der Waals surface area contributed by atoms with Crippen molar-refractivity contribution in [2.75, 3.05) is 6.54 Å². The molecule has 0 spiro atoms. The third-order valence-corrected chi connectivity index (χ3v) is 6.63. The molecule has 5 nitrogen and oxygen atoms in total. The van der Waals surface area contributed by atoms with Gasteiger partial charge in [-0.2, -0.15) is 0 Å². The van der Waals surface area contributed by atoms with Crippen molar-refractivity contribution in [2.24, 2.45) is 0 Å². The number of nitrogens with one attached hydrogen (secondary N) is 1. The molecule has 1 amide bonds. The van der Waals surface area contributed by atoms with Crippen molar-refractivity contribution in [1.29, 1.82) is 0 Å². The molecule has 144 valence electrons. The Bertz CT molecular complexity index is 1060. The number of carbonyl (C=O) groups is 1. The summed E-state index contributed by atoms with van der Waals surface area (Å²) in [5.74, 6) is -0.309. The summed E-state index contributed by atoms with van der Waals surface area (Å²) < 4.78 is 26.5. The highest BCUT2D eigenvalue weighted by Gasteiger charge is 2.30. The Hall–Kier alpha value is -2.99. The molecule has 0 bridgehead atoms. The van der Waals surface area contributed by atoms with Crippen LogP contribution in [0.2, 0.25) is 0 Å². The molecule has 6 heteroatoms. The van der Waals surface area contributed by atoms with Crippen LogP contribution in [0.3, 0.4) is 0 Å². The van der Waals surface area contributed by atoms with Gasteiger partial charge >= 0.3 is 0 Å². The number of pyridine rings is 1. The third kappa shape index (κ3) is 4.46. The van der Waals surface area contributed by atoms with Crippen LogP contribution in [0, 0.1) is 13.8 Å². The predicted molar refractivity (Wildman–Crippen MR) is 109 cm³/mol. The van der Waals surface area contributed by atoms with Crippen LogP contribution in [0.5, 0.6) is 0 Å². The van der Waals surface area contributed by atoms with Crippen molar-refractivity contribution in [3.05, 3.63) is 95.3 Å². The molecule has 0 aliphatic heterocycles. The summed E-state index contributed by atoms with van der Waals surface area (Å²) in [5, 5.41) is 1.83. The van der Waals surface area contributed by atoms with Crippen molar-refractivity contribution in [1.82, 2.24) is 10.3 Å². The SMILES string of the molecule is Cc1ccc(S(=O)(=O)C(CNC(=O)c2cccc(C)c2)c2cccnc2)cc1. The van der Waals surface area contributed by atoms with Gasteiger partial charge in [0.05, 0.1) is 4.90 Å². The van der Waals surface area contributed by atoms with E-state index >= 15 is 0 Å². The maximum atomic E-state index is 13.3. The maximum absolute atomic E-state index is 13.3. The van der Waals surface area contributed by atoms with Crippen molar-refractivity contribution >= 4 is 15.7 Å².